The second-order valence-corrected chi connectivity index (χ2v) is 4.48. The van der Waals surface area contributed by atoms with Crippen LogP contribution in [0, 0.1) is 0 Å². The van der Waals surface area contributed by atoms with E-state index in [-0.39, 0.29) is 6.29 Å². The van der Waals surface area contributed by atoms with Crippen LogP contribution in [0.25, 0.3) is 0 Å². The Bertz CT molecular complexity index is 484. The molecule has 1 heterocycles. The van der Waals surface area contributed by atoms with Gasteiger partial charge in [-0.05, 0) is 17.5 Å². The fourth-order valence-electron chi connectivity index (χ4n) is 2.18. The van der Waals surface area contributed by atoms with Crippen molar-refractivity contribution in [2.75, 3.05) is 13.2 Å². The molecule has 0 spiro atoms. The average molecular weight is 240 g/mol. The summed E-state index contributed by atoms with van der Waals surface area (Å²) in [5.41, 5.74) is 3.74. The van der Waals surface area contributed by atoms with E-state index in [0.29, 0.717) is 13.2 Å². The average Bonchev–Trinajstić information content (AvgIpc) is 2.95. The number of ether oxygens (including phenoxy) is 2. The number of hydrogen-bond acceptors (Lipinski definition) is 2. The van der Waals surface area contributed by atoms with Crippen molar-refractivity contribution < 1.29 is 9.47 Å². The number of rotatable bonds is 3. The van der Waals surface area contributed by atoms with Crippen LogP contribution in [0.2, 0.25) is 0 Å². The summed E-state index contributed by atoms with van der Waals surface area (Å²) in [5.74, 6) is 0. The molecule has 0 unspecified atom stereocenters. The quantitative estimate of drug-likeness (QED) is 0.819. The van der Waals surface area contributed by atoms with E-state index >= 15 is 0 Å². The summed E-state index contributed by atoms with van der Waals surface area (Å²) in [6, 6.07) is 19.0. The van der Waals surface area contributed by atoms with E-state index in [1.54, 1.807) is 0 Å². The summed E-state index contributed by atoms with van der Waals surface area (Å²) in [6.45, 7) is 1.38. The molecule has 0 aromatic heterocycles. The Morgan fingerprint density at radius 1 is 0.778 bits per heavy atom. The molecule has 2 aromatic rings. The van der Waals surface area contributed by atoms with Gasteiger partial charge in [0, 0.05) is 5.56 Å². The zero-order chi connectivity index (χ0) is 12.2. The molecule has 0 aliphatic carbocycles. The molecule has 2 nitrogen and oxygen atoms in total. The summed E-state index contributed by atoms with van der Waals surface area (Å²) in [5, 5.41) is 0. The Morgan fingerprint density at radius 3 is 2.06 bits per heavy atom. The van der Waals surface area contributed by atoms with Gasteiger partial charge in [-0.3, -0.25) is 0 Å². The van der Waals surface area contributed by atoms with Gasteiger partial charge in [0.25, 0.3) is 0 Å². The molecule has 0 N–H and O–H groups in total. The molecule has 0 saturated carbocycles. The molecule has 0 amide bonds. The first kappa shape index (κ1) is 11.5. The summed E-state index contributed by atoms with van der Waals surface area (Å²) < 4.78 is 10.9. The van der Waals surface area contributed by atoms with Crippen molar-refractivity contribution in [1.29, 1.82) is 0 Å². The zero-order valence-electron chi connectivity index (χ0n) is 10.2. The van der Waals surface area contributed by atoms with Gasteiger partial charge in [0.15, 0.2) is 6.29 Å². The van der Waals surface area contributed by atoms with Gasteiger partial charge in [-0.1, -0.05) is 54.6 Å². The molecule has 3 rings (SSSR count). The molecular weight excluding hydrogens is 224 g/mol. The Morgan fingerprint density at radius 2 is 1.39 bits per heavy atom. The predicted molar refractivity (Wildman–Crippen MR) is 70.3 cm³/mol. The fourth-order valence-corrected chi connectivity index (χ4v) is 2.18. The first-order valence-electron chi connectivity index (χ1n) is 6.28. The maximum atomic E-state index is 5.47. The highest BCUT2D eigenvalue weighted by atomic mass is 16.7. The van der Waals surface area contributed by atoms with Crippen LogP contribution in [0.3, 0.4) is 0 Å². The minimum absolute atomic E-state index is 0.171. The lowest BCUT2D eigenvalue weighted by atomic mass is 10.0. The van der Waals surface area contributed by atoms with Crippen LogP contribution >= 0.6 is 0 Å². The van der Waals surface area contributed by atoms with Crippen LogP contribution in [0.15, 0.2) is 54.6 Å². The minimum Gasteiger partial charge on any atom is -0.346 e. The van der Waals surface area contributed by atoms with Gasteiger partial charge in [-0.2, -0.15) is 0 Å². The minimum atomic E-state index is -0.171. The van der Waals surface area contributed by atoms with E-state index in [0.717, 1.165) is 12.0 Å². The molecule has 1 aliphatic rings. The lowest BCUT2D eigenvalue weighted by Gasteiger charge is -2.10. The molecule has 1 aliphatic heterocycles. The molecule has 1 saturated heterocycles. The smallest absolute Gasteiger partial charge is 0.184 e. The molecule has 92 valence electrons. The van der Waals surface area contributed by atoms with Gasteiger partial charge in [0.05, 0.1) is 13.2 Å². The molecule has 0 bridgehead atoms. The van der Waals surface area contributed by atoms with E-state index in [1.807, 2.05) is 6.07 Å². The van der Waals surface area contributed by atoms with E-state index in [2.05, 4.69) is 48.5 Å². The normalized spacial score (nSPS) is 16.0. The van der Waals surface area contributed by atoms with Crippen LogP contribution in [0.4, 0.5) is 0 Å². The summed E-state index contributed by atoms with van der Waals surface area (Å²) >= 11 is 0. The third-order valence-corrected chi connectivity index (χ3v) is 3.12. The highest BCUT2D eigenvalue weighted by Gasteiger charge is 2.17. The maximum Gasteiger partial charge on any atom is 0.184 e. The van der Waals surface area contributed by atoms with E-state index in [9.17, 15) is 0 Å². The third-order valence-electron chi connectivity index (χ3n) is 3.12. The van der Waals surface area contributed by atoms with Crippen molar-refractivity contribution in [3.8, 4) is 0 Å². The van der Waals surface area contributed by atoms with Crippen LogP contribution < -0.4 is 0 Å². The Labute approximate surface area is 107 Å². The van der Waals surface area contributed by atoms with Crippen molar-refractivity contribution >= 4 is 0 Å². The summed E-state index contributed by atoms with van der Waals surface area (Å²) in [6.07, 6.45) is 0.795. The van der Waals surface area contributed by atoms with Crippen LogP contribution in [-0.2, 0) is 15.9 Å². The molecule has 18 heavy (non-hydrogen) atoms. The molecule has 2 heteroatoms. The van der Waals surface area contributed by atoms with Crippen LogP contribution in [0.1, 0.15) is 23.0 Å². The largest absolute Gasteiger partial charge is 0.346 e. The summed E-state index contributed by atoms with van der Waals surface area (Å²) in [7, 11) is 0. The fraction of sp³-hybridized carbons (Fsp3) is 0.250. The van der Waals surface area contributed by atoms with Crippen LogP contribution in [0.5, 0.6) is 0 Å². The molecule has 1 fully saturated rings. The highest BCUT2D eigenvalue weighted by Crippen LogP contribution is 2.23. The highest BCUT2D eigenvalue weighted by molar-refractivity contribution is 5.29. The van der Waals surface area contributed by atoms with Crippen molar-refractivity contribution in [3.05, 3.63) is 71.3 Å². The third kappa shape index (κ3) is 2.61. The topological polar surface area (TPSA) is 18.5 Å². The maximum absolute atomic E-state index is 5.47. The standard InChI is InChI=1S/C16H16O2/c1-2-4-13(5-3-1)12-14-6-8-15(9-7-14)16-17-10-11-18-16/h1-9,16H,10-12H2. The van der Waals surface area contributed by atoms with E-state index < -0.39 is 0 Å². The predicted octanol–water partition coefficient (Wildman–Crippen LogP) is 3.32. The van der Waals surface area contributed by atoms with Crippen molar-refractivity contribution in [2.24, 2.45) is 0 Å². The summed E-state index contributed by atoms with van der Waals surface area (Å²) in [4.78, 5) is 0. The molecule has 0 radical (unpaired) electrons. The Kier molecular flexibility index (Phi) is 3.40. The van der Waals surface area contributed by atoms with Gasteiger partial charge >= 0.3 is 0 Å². The van der Waals surface area contributed by atoms with Gasteiger partial charge in [-0.25, -0.2) is 0 Å². The first-order chi connectivity index (χ1) is 8.92. The lowest BCUT2D eigenvalue weighted by Crippen LogP contribution is -1.98. The SMILES string of the molecule is c1ccc(Cc2ccc(C3OCCO3)cc2)cc1. The zero-order valence-corrected chi connectivity index (χ0v) is 10.2. The van der Waals surface area contributed by atoms with Crippen molar-refractivity contribution in [2.45, 2.75) is 12.7 Å². The second kappa shape index (κ2) is 5.34. The molecule has 2 aromatic carbocycles. The van der Waals surface area contributed by atoms with Gasteiger partial charge in [-0.15, -0.1) is 0 Å². The van der Waals surface area contributed by atoms with Gasteiger partial charge in [0.1, 0.15) is 0 Å². The van der Waals surface area contributed by atoms with Gasteiger partial charge in [0.2, 0.25) is 0 Å². The van der Waals surface area contributed by atoms with Crippen molar-refractivity contribution in [3.63, 3.8) is 0 Å². The lowest BCUT2D eigenvalue weighted by molar-refractivity contribution is -0.0441. The number of hydrogen-bond donors (Lipinski definition) is 0. The van der Waals surface area contributed by atoms with E-state index in [4.69, 9.17) is 9.47 Å². The van der Waals surface area contributed by atoms with E-state index in [1.165, 1.54) is 11.1 Å². The van der Waals surface area contributed by atoms with Crippen molar-refractivity contribution in [1.82, 2.24) is 0 Å². The first-order valence-corrected chi connectivity index (χ1v) is 6.28. The second-order valence-electron chi connectivity index (χ2n) is 4.48. The monoisotopic (exact) mass is 240 g/mol. The Balaban J connectivity index is 1.71. The van der Waals surface area contributed by atoms with Gasteiger partial charge < -0.3 is 9.47 Å². The van der Waals surface area contributed by atoms with Crippen LogP contribution in [-0.4, -0.2) is 13.2 Å². The Hall–Kier alpha value is -1.64. The number of benzene rings is 2. The molecular formula is C16H16O2. The molecule has 0 atom stereocenters.